The number of halogens is 1. The lowest BCUT2D eigenvalue weighted by atomic mass is 9.89. The van der Waals surface area contributed by atoms with E-state index in [4.69, 9.17) is 17.3 Å². The van der Waals surface area contributed by atoms with E-state index in [1.807, 2.05) is 12.1 Å². The molecule has 0 spiro atoms. The molecule has 0 unspecified atom stereocenters. The monoisotopic (exact) mass is 419 g/mol. The predicted octanol–water partition coefficient (Wildman–Crippen LogP) is 2.95. The number of amidine groups is 1. The molecule has 0 atom stereocenters. The van der Waals surface area contributed by atoms with Crippen molar-refractivity contribution in [1.29, 1.82) is 0 Å². The molecule has 0 amide bonds. The van der Waals surface area contributed by atoms with Gasteiger partial charge in [-0.3, -0.25) is 4.99 Å². The maximum Gasteiger partial charge on any atom is 0.178 e. The number of rotatable bonds is 4. The van der Waals surface area contributed by atoms with Crippen molar-refractivity contribution in [2.24, 2.45) is 16.6 Å². The van der Waals surface area contributed by atoms with E-state index in [1.165, 1.54) is 6.07 Å². The average Bonchev–Trinajstić information content (AvgIpc) is 3.04. The number of pyridine rings is 1. The van der Waals surface area contributed by atoms with Crippen LogP contribution in [0.25, 0.3) is 11.3 Å². The number of fused-ring (bicyclic) bond motifs is 1. The van der Waals surface area contributed by atoms with Gasteiger partial charge < -0.3 is 10.8 Å². The summed E-state index contributed by atoms with van der Waals surface area (Å²) in [6.07, 6.45) is 2.49. The van der Waals surface area contributed by atoms with Gasteiger partial charge in [-0.1, -0.05) is 23.7 Å². The molecular formula is C20H22ClN3O3S. The summed E-state index contributed by atoms with van der Waals surface area (Å²) in [6.45, 7) is 0.525. The maximum absolute atomic E-state index is 12.8. The van der Waals surface area contributed by atoms with Crippen LogP contribution in [-0.2, 0) is 16.4 Å². The molecule has 1 saturated carbocycles. The molecule has 1 aromatic heterocycles. The van der Waals surface area contributed by atoms with E-state index in [2.05, 4.69) is 9.98 Å². The van der Waals surface area contributed by atoms with E-state index in [0.29, 0.717) is 47.2 Å². The summed E-state index contributed by atoms with van der Waals surface area (Å²) in [4.78, 5) is 8.93. The van der Waals surface area contributed by atoms with E-state index in [1.54, 1.807) is 12.1 Å². The minimum Gasteiger partial charge on any atom is -0.393 e. The Hall–Kier alpha value is -1.96. The molecule has 28 heavy (non-hydrogen) atoms. The molecule has 1 aliphatic carbocycles. The number of nitrogens with zero attached hydrogens (tertiary/aromatic N) is 2. The molecule has 6 nitrogen and oxygen atoms in total. The van der Waals surface area contributed by atoms with Crippen molar-refractivity contribution in [1.82, 2.24) is 4.98 Å². The molecule has 2 aromatic rings. The number of hydrogen-bond acceptors (Lipinski definition) is 6. The molecule has 4 rings (SSSR count). The van der Waals surface area contributed by atoms with Crippen LogP contribution in [0, 0.1) is 5.92 Å². The quantitative estimate of drug-likeness (QED) is 0.792. The van der Waals surface area contributed by atoms with Gasteiger partial charge in [-0.15, -0.1) is 0 Å². The Bertz CT molecular complexity index is 1040. The normalized spacial score (nSPS) is 22.0. The van der Waals surface area contributed by atoms with Gasteiger partial charge in [0.05, 0.1) is 34.0 Å². The van der Waals surface area contributed by atoms with Crippen LogP contribution >= 0.6 is 11.6 Å². The first-order valence-electron chi connectivity index (χ1n) is 9.34. The Morgan fingerprint density at radius 3 is 2.61 bits per heavy atom. The third kappa shape index (κ3) is 3.79. The van der Waals surface area contributed by atoms with Crippen molar-refractivity contribution in [2.75, 3.05) is 5.75 Å². The van der Waals surface area contributed by atoms with Crippen molar-refractivity contribution in [3.8, 4) is 11.3 Å². The molecule has 1 aliphatic heterocycles. The average molecular weight is 420 g/mol. The highest BCUT2D eigenvalue weighted by Gasteiger charge is 2.26. The Labute approximate surface area is 169 Å². The summed E-state index contributed by atoms with van der Waals surface area (Å²) in [5.41, 5.74) is 8.78. The Balaban J connectivity index is 1.58. The summed E-state index contributed by atoms with van der Waals surface area (Å²) < 4.78 is 25.6. The number of hydrogen-bond donors (Lipinski definition) is 2. The molecule has 1 fully saturated rings. The summed E-state index contributed by atoms with van der Waals surface area (Å²) in [7, 11) is -3.44. The topological polar surface area (TPSA) is 106 Å². The molecule has 2 heterocycles. The van der Waals surface area contributed by atoms with Gasteiger partial charge in [0, 0.05) is 11.1 Å². The predicted molar refractivity (Wildman–Crippen MR) is 109 cm³/mol. The second-order valence-corrected chi connectivity index (χ2v) is 9.94. The van der Waals surface area contributed by atoms with Gasteiger partial charge in [-0.05, 0) is 49.8 Å². The van der Waals surface area contributed by atoms with Crippen LogP contribution in [-0.4, -0.2) is 36.2 Å². The van der Waals surface area contributed by atoms with Crippen molar-refractivity contribution < 1.29 is 13.5 Å². The summed E-state index contributed by atoms with van der Waals surface area (Å²) in [6, 6.07) is 8.53. The molecule has 0 radical (unpaired) electrons. The molecular weight excluding hydrogens is 398 g/mol. The number of aliphatic imine (C=N–C) groups is 1. The highest BCUT2D eigenvalue weighted by molar-refractivity contribution is 7.91. The SMILES string of the molecule is NC1=NCc2ccc(-c3ccc(S(=O)(=O)CC4CCC(O)CC4)cc3Cl)nc21. The van der Waals surface area contributed by atoms with Crippen molar-refractivity contribution >= 4 is 27.3 Å². The number of aromatic nitrogens is 1. The van der Waals surface area contributed by atoms with Crippen LogP contribution in [0.2, 0.25) is 5.02 Å². The van der Waals surface area contributed by atoms with E-state index < -0.39 is 9.84 Å². The fourth-order valence-electron chi connectivity index (χ4n) is 3.85. The number of benzene rings is 1. The molecule has 0 saturated heterocycles. The zero-order chi connectivity index (χ0) is 19.9. The number of sulfone groups is 1. The van der Waals surface area contributed by atoms with Gasteiger partial charge in [-0.25, -0.2) is 13.4 Å². The van der Waals surface area contributed by atoms with Crippen LogP contribution in [0.4, 0.5) is 0 Å². The zero-order valence-electron chi connectivity index (χ0n) is 15.3. The van der Waals surface area contributed by atoms with E-state index >= 15 is 0 Å². The van der Waals surface area contributed by atoms with Crippen LogP contribution in [0.3, 0.4) is 0 Å². The van der Waals surface area contributed by atoms with Crippen molar-refractivity contribution in [3.05, 3.63) is 46.6 Å². The van der Waals surface area contributed by atoms with E-state index in [9.17, 15) is 13.5 Å². The molecule has 148 valence electrons. The lowest BCUT2D eigenvalue weighted by molar-refractivity contribution is 0.113. The van der Waals surface area contributed by atoms with E-state index in [0.717, 1.165) is 18.4 Å². The van der Waals surface area contributed by atoms with Crippen LogP contribution in [0.15, 0.2) is 40.2 Å². The van der Waals surface area contributed by atoms with Crippen LogP contribution in [0.1, 0.15) is 36.9 Å². The largest absolute Gasteiger partial charge is 0.393 e. The second kappa shape index (κ2) is 7.46. The van der Waals surface area contributed by atoms with Gasteiger partial charge in [0.2, 0.25) is 0 Å². The van der Waals surface area contributed by atoms with Gasteiger partial charge in [0.15, 0.2) is 9.84 Å². The summed E-state index contributed by atoms with van der Waals surface area (Å²) >= 11 is 6.42. The first-order chi connectivity index (χ1) is 13.3. The lowest BCUT2D eigenvalue weighted by Crippen LogP contribution is -2.24. The Morgan fingerprint density at radius 1 is 1.14 bits per heavy atom. The van der Waals surface area contributed by atoms with Crippen molar-refractivity contribution in [3.63, 3.8) is 0 Å². The van der Waals surface area contributed by atoms with Gasteiger partial charge in [0.25, 0.3) is 0 Å². The highest BCUT2D eigenvalue weighted by Crippen LogP contribution is 2.32. The number of aliphatic hydroxyl groups is 1. The highest BCUT2D eigenvalue weighted by atomic mass is 35.5. The summed E-state index contributed by atoms with van der Waals surface area (Å²) in [5.74, 6) is 0.566. The maximum atomic E-state index is 12.8. The molecule has 2 aliphatic rings. The Morgan fingerprint density at radius 2 is 1.89 bits per heavy atom. The third-order valence-corrected chi connectivity index (χ3v) is 7.68. The third-order valence-electron chi connectivity index (χ3n) is 5.49. The molecule has 0 bridgehead atoms. The lowest BCUT2D eigenvalue weighted by Gasteiger charge is -2.25. The fourth-order valence-corrected chi connectivity index (χ4v) is 5.91. The first-order valence-corrected chi connectivity index (χ1v) is 11.4. The minimum atomic E-state index is -3.44. The zero-order valence-corrected chi connectivity index (χ0v) is 16.9. The second-order valence-electron chi connectivity index (χ2n) is 7.50. The number of aliphatic hydroxyl groups excluding tert-OH is 1. The Kier molecular flexibility index (Phi) is 5.16. The fraction of sp³-hybridized carbons (Fsp3) is 0.400. The number of nitrogens with two attached hydrogens (primary N) is 1. The van der Waals surface area contributed by atoms with E-state index in [-0.39, 0.29) is 22.7 Å². The van der Waals surface area contributed by atoms with Crippen LogP contribution in [0.5, 0.6) is 0 Å². The van der Waals surface area contributed by atoms with Crippen LogP contribution < -0.4 is 5.73 Å². The molecule has 1 aromatic carbocycles. The van der Waals surface area contributed by atoms with Gasteiger partial charge in [0.1, 0.15) is 11.5 Å². The van der Waals surface area contributed by atoms with Crippen molar-refractivity contribution in [2.45, 2.75) is 43.2 Å². The minimum absolute atomic E-state index is 0.0764. The van der Waals surface area contributed by atoms with Gasteiger partial charge in [-0.2, -0.15) is 0 Å². The van der Waals surface area contributed by atoms with Gasteiger partial charge >= 0.3 is 0 Å². The summed E-state index contributed by atoms with van der Waals surface area (Å²) in [5, 5.41) is 9.94. The smallest absolute Gasteiger partial charge is 0.178 e. The molecule has 8 heteroatoms. The molecule has 3 N–H and O–H groups in total. The standard InChI is InChI=1S/C20H22ClN3O3S/c21-17-9-15(28(26,27)11-12-1-4-14(25)5-2-12)6-7-16(17)18-8-3-13-10-23-20(22)19(13)24-18/h3,6-9,12,14,25H,1-2,4-5,10-11H2,(H2,22,23). The first kappa shape index (κ1) is 19.4.